The van der Waals surface area contributed by atoms with E-state index in [0.717, 1.165) is 0 Å². The number of methoxy groups -OCH3 is 1. The number of piperazine rings is 1. The molecule has 3 aliphatic heterocycles. The van der Waals surface area contributed by atoms with Gasteiger partial charge < -0.3 is 24.6 Å². The van der Waals surface area contributed by atoms with Crippen LogP contribution in [0, 0.1) is 11.7 Å². The molecule has 1 aromatic heterocycles. The molecule has 11 nitrogen and oxygen atoms in total. The molecule has 2 fully saturated rings. The van der Waals surface area contributed by atoms with Crippen LogP contribution in [0.3, 0.4) is 0 Å². The molecule has 2 aromatic rings. The summed E-state index contributed by atoms with van der Waals surface area (Å²) in [5, 5.41) is 2.95. The highest BCUT2D eigenvalue weighted by Crippen LogP contribution is 2.36. The van der Waals surface area contributed by atoms with Crippen LogP contribution >= 0.6 is 0 Å². The van der Waals surface area contributed by atoms with Crippen LogP contribution in [0.1, 0.15) is 13.8 Å². The van der Waals surface area contributed by atoms with E-state index in [1.54, 1.807) is 18.5 Å². The Kier molecular flexibility index (Phi) is 8.08. The van der Waals surface area contributed by atoms with Gasteiger partial charge in [0.25, 0.3) is 5.91 Å². The number of nitrogens with zero attached hydrogens (tertiary/aromatic N) is 6. The molecule has 40 heavy (non-hydrogen) atoms. The van der Waals surface area contributed by atoms with Crippen molar-refractivity contribution in [3.05, 3.63) is 42.2 Å². The summed E-state index contributed by atoms with van der Waals surface area (Å²) in [5.74, 6) is -1.54. The van der Waals surface area contributed by atoms with Crippen molar-refractivity contribution in [3.63, 3.8) is 0 Å². The number of likely N-dealkylation sites (N-methyl/N-ethyl adjacent to an activating group) is 1. The van der Waals surface area contributed by atoms with E-state index >= 15 is 4.39 Å². The van der Waals surface area contributed by atoms with Crippen LogP contribution in [0.4, 0.5) is 21.7 Å². The van der Waals surface area contributed by atoms with Crippen molar-refractivity contribution < 1.29 is 23.5 Å². The van der Waals surface area contributed by atoms with Crippen LogP contribution in [0.5, 0.6) is 0 Å². The van der Waals surface area contributed by atoms with E-state index in [1.807, 2.05) is 4.90 Å². The third-order valence-electron chi connectivity index (χ3n) is 7.73. The summed E-state index contributed by atoms with van der Waals surface area (Å²) < 4.78 is 26.4. The van der Waals surface area contributed by atoms with Gasteiger partial charge in [-0.05, 0) is 33.0 Å². The van der Waals surface area contributed by atoms with E-state index in [0.29, 0.717) is 62.3 Å². The van der Waals surface area contributed by atoms with Crippen LogP contribution in [0.2, 0.25) is 0 Å². The topological polar surface area (TPSA) is 112 Å². The number of benzene rings is 1. The van der Waals surface area contributed by atoms with Crippen LogP contribution < -0.4 is 15.1 Å². The van der Waals surface area contributed by atoms with E-state index in [2.05, 4.69) is 51.0 Å². The third-order valence-corrected chi connectivity index (χ3v) is 7.73. The molecular weight excluding hydrogens is 517 g/mol. The van der Waals surface area contributed by atoms with Crippen molar-refractivity contribution in [2.75, 3.05) is 68.7 Å². The standard InChI is InChI=1S/C28H34FN7O4/c1-17-15-36(16-18(2)34(17)3)24-10-22(29)20(19-12-31-28(32-13-19)35-5-7-40-8-6-35)9-23(24)33-27(38)21-14-30-26(37)11-25(21)39-4/h9-14,17-18,21H,5-8,15-16H2,1-4H3,(H,33,38)/t17-,18+,21?. The first kappa shape index (κ1) is 27.7. The molecule has 3 atom stereocenters. The maximum Gasteiger partial charge on any atom is 0.272 e. The molecule has 0 aliphatic carbocycles. The molecule has 0 radical (unpaired) electrons. The summed E-state index contributed by atoms with van der Waals surface area (Å²) in [6.07, 6.45) is 5.64. The molecule has 212 valence electrons. The van der Waals surface area contributed by atoms with Gasteiger partial charge in [0.2, 0.25) is 11.9 Å². The molecule has 3 aliphatic rings. The Morgan fingerprint density at radius 3 is 2.42 bits per heavy atom. The normalized spacial score (nSPS) is 23.7. The Bertz CT molecular complexity index is 1310. The molecule has 2 amide bonds. The highest BCUT2D eigenvalue weighted by atomic mass is 19.1. The summed E-state index contributed by atoms with van der Waals surface area (Å²) >= 11 is 0. The van der Waals surface area contributed by atoms with Crippen molar-refractivity contribution in [2.45, 2.75) is 25.9 Å². The van der Waals surface area contributed by atoms with Gasteiger partial charge in [0, 0.05) is 74.1 Å². The average molecular weight is 552 g/mol. The van der Waals surface area contributed by atoms with Gasteiger partial charge in [0.1, 0.15) is 17.5 Å². The van der Waals surface area contributed by atoms with Crippen LogP contribution in [0.15, 0.2) is 41.4 Å². The fourth-order valence-corrected chi connectivity index (χ4v) is 5.20. The number of rotatable bonds is 6. The summed E-state index contributed by atoms with van der Waals surface area (Å²) in [4.78, 5) is 44.2. The minimum Gasteiger partial charge on any atom is -0.500 e. The number of morpholine rings is 1. The predicted octanol–water partition coefficient (Wildman–Crippen LogP) is 2.34. The first-order chi connectivity index (χ1) is 19.2. The highest BCUT2D eigenvalue weighted by Gasteiger charge is 2.31. The fourth-order valence-electron chi connectivity index (χ4n) is 5.20. The zero-order chi connectivity index (χ0) is 28.4. The Balaban J connectivity index is 1.49. The Labute approximate surface area is 232 Å². The largest absolute Gasteiger partial charge is 0.500 e. The number of aromatic nitrogens is 2. The lowest BCUT2D eigenvalue weighted by atomic mass is 10.0. The summed E-state index contributed by atoms with van der Waals surface area (Å²) in [7, 11) is 3.47. The molecule has 5 rings (SSSR count). The number of dihydropyridines is 1. The van der Waals surface area contributed by atoms with Crippen molar-refractivity contribution >= 4 is 35.4 Å². The number of hydrogen-bond donors (Lipinski definition) is 1. The number of hydrogen-bond acceptors (Lipinski definition) is 9. The quantitative estimate of drug-likeness (QED) is 0.578. The van der Waals surface area contributed by atoms with Gasteiger partial charge in [-0.2, -0.15) is 0 Å². The van der Waals surface area contributed by atoms with Gasteiger partial charge >= 0.3 is 0 Å². The number of amides is 2. The lowest BCUT2D eigenvalue weighted by Crippen LogP contribution is -2.55. The SMILES string of the molecule is COC1=CC(=O)N=CC1C(=O)Nc1cc(-c2cnc(N3CCOCC3)nc2)c(F)cc1N1C[C@@H](C)N(C)[C@@H](C)C1. The lowest BCUT2D eigenvalue weighted by Gasteiger charge is -2.44. The van der Waals surface area contributed by atoms with E-state index in [1.165, 1.54) is 25.5 Å². The number of anilines is 3. The molecule has 1 aromatic carbocycles. The second kappa shape index (κ2) is 11.7. The molecule has 1 unspecified atom stereocenters. The predicted molar refractivity (Wildman–Crippen MR) is 150 cm³/mol. The van der Waals surface area contributed by atoms with E-state index < -0.39 is 23.5 Å². The Morgan fingerprint density at radius 2 is 1.77 bits per heavy atom. The van der Waals surface area contributed by atoms with E-state index in [-0.39, 0.29) is 23.4 Å². The number of ether oxygens (including phenoxy) is 2. The molecule has 0 bridgehead atoms. The third kappa shape index (κ3) is 5.68. The van der Waals surface area contributed by atoms with Gasteiger partial charge in [-0.25, -0.2) is 19.4 Å². The number of carbonyl (C=O) groups is 2. The molecule has 4 heterocycles. The van der Waals surface area contributed by atoms with Crippen molar-refractivity contribution in [3.8, 4) is 11.1 Å². The minimum atomic E-state index is -0.898. The lowest BCUT2D eigenvalue weighted by molar-refractivity contribution is -0.118. The molecule has 0 spiro atoms. The fraction of sp³-hybridized carbons (Fsp3) is 0.464. The smallest absolute Gasteiger partial charge is 0.272 e. The Hall–Kier alpha value is -3.90. The van der Waals surface area contributed by atoms with Crippen molar-refractivity contribution in [2.24, 2.45) is 10.9 Å². The van der Waals surface area contributed by atoms with Crippen molar-refractivity contribution in [1.82, 2.24) is 14.9 Å². The molecule has 2 saturated heterocycles. The van der Waals surface area contributed by atoms with Gasteiger partial charge in [0.15, 0.2) is 0 Å². The summed E-state index contributed by atoms with van der Waals surface area (Å²) in [6.45, 7) is 8.13. The second-order valence-electron chi connectivity index (χ2n) is 10.3. The van der Waals surface area contributed by atoms with E-state index in [4.69, 9.17) is 9.47 Å². The monoisotopic (exact) mass is 551 g/mol. The second-order valence-corrected chi connectivity index (χ2v) is 10.3. The number of halogens is 1. The number of nitrogens with one attached hydrogen (secondary N) is 1. The van der Waals surface area contributed by atoms with Crippen molar-refractivity contribution in [1.29, 1.82) is 0 Å². The maximum absolute atomic E-state index is 15.7. The van der Waals surface area contributed by atoms with Gasteiger partial charge in [-0.3, -0.25) is 14.5 Å². The van der Waals surface area contributed by atoms with Gasteiger partial charge in [-0.1, -0.05) is 0 Å². The highest BCUT2D eigenvalue weighted by molar-refractivity contribution is 6.10. The molecular formula is C28H34FN7O4. The molecule has 1 N–H and O–H groups in total. The van der Waals surface area contributed by atoms with Crippen LogP contribution in [-0.2, 0) is 19.1 Å². The summed E-state index contributed by atoms with van der Waals surface area (Å²) in [5.41, 5.74) is 1.75. The first-order valence-electron chi connectivity index (χ1n) is 13.3. The Morgan fingerprint density at radius 1 is 1.10 bits per heavy atom. The zero-order valence-corrected chi connectivity index (χ0v) is 23.1. The van der Waals surface area contributed by atoms with Crippen LogP contribution in [-0.4, -0.2) is 98.5 Å². The number of aliphatic imine (C=N–C) groups is 1. The van der Waals surface area contributed by atoms with Gasteiger partial charge in [0.05, 0.1) is 31.7 Å². The average Bonchev–Trinajstić information content (AvgIpc) is 2.96. The molecule has 12 heteroatoms. The van der Waals surface area contributed by atoms with E-state index in [9.17, 15) is 9.59 Å². The minimum absolute atomic E-state index is 0.190. The first-order valence-corrected chi connectivity index (χ1v) is 13.3. The summed E-state index contributed by atoms with van der Waals surface area (Å²) in [6, 6.07) is 3.51. The van der Waals surface area contributed by atoms with Crippen LogP contribution in [0.25, 0.3) is 11.1 Å². The zero-order valence-electron chi connectivity index (χ0n) is 23.1. The van der Waals surface area contributed by atoms with Gasteiger partial charge in [-0.15, -0.1) is 0 Å². The maximum atomic E-state index is 15.7. The number of carbonyl (C=O) groups excluding carboxylic acids is 2. The molecule has 0 saturated carbocycles.